The van der Waals surface area contributed by atoms with Gasteiger partial charge in [0.25, 0.3) is 0 Å². The average molecular weight is 293 g/mol. The van der Waals surface area contributed by atoms with Gasteiger partial charge in [-0.05, 0) is 32.9 Å². The molecule has 4 nitrogen and oxygen atoms in total. The number of nitrogens with zero attached hydrogens (tertiary/aromatic N) is 2. The van der Waals surface area contributed by atoms with Crippen LogP contribution in [0.2, 0.25) is 0 Å². The quantitative estimate of drug-likeness (QED) is 0.879. The molecule has 2 aromatic rings. The van der Waals surface area contributed by atoms with Gasteiger partial charge >= 0.3 is 0 Å². The summed E-state index contributed by atoms with van der Waals surface area (Å²) in [5.41, 5.74) is 0.967. The summed E-state index contributed by atoms with van der Waals surface area (Å²) in [4.78, 5) is 22.5. The van der Waals surface area contributed by atoms with Crippen molar-refractivity contribution in [2.45, 2.75) is 30.9 Å². The van der Waals surface area contributed by atoms with Crippen molar-refractivity contribution in [2.24, 2.45) is 0 Å². The van der Waals surface area contributed by atoms with Crippen LogP contribution < -0.4 is 5.32 Å². The van der Waals surface area contributed by atoms with Crippen molar-refractivity contribution in [2.75, 3.05) is 5.32 Å². The van der Waals surface area contributed by atoms with Crippen LogP contribution >= 0.6 is 23.1 Å². The van der Waals surface area contributed by atoms with Gasteiger partial charge < -0.3 is 5.32 Å². The molecule has 1 N–H and O–H groups in total. The summed E-state index contributed by atoms with van der Waals surface area (Å²) >= 11 is 3.01. The Morgan fingerprint density at radius 2 is 2.05 bits per heavy atom. The second kappa shape index (κ2) is 6.16. The number of pyridine rings is 1. The molecule has 1 atom stereocenters. The van der Waals surface area contributed by atoms with E-state index < -0.39 is 0 Å². The van der Waals surface area contributed by atoms with Gasteiger partial charge in [0.2, 0.25) is 5.91 Å². The number of aryl methyl sites for hydroxylation is 2. The Hall–Kier alpha value is -1.40. The maximum absolute atomic E-state index is 12.1. The van der Waals surface area contributed by atoms with Crippen molar-refractivity contribution >= 4 is 34.1 Å². The van der Waals surface area contributed by atoms with Gasteiger partial charge in [-0.15, -0.1) is 23.1 Å². The lowest BCUT2D eigenvalue weighted by atomic mass is 10.4. The minimum atomic E-state index is -0.174. The Balaban J connectivity index is 1.96. The highest BCUT2D eigenvalue weighted by atomic mass is 32.2. The Morgan fingerprint density at radius 1 is 1.37 bits per heavy atom. The fourth-order valence-electron chi connectivity index (χ4n) is 1.41. The molecular formula is C13H15N3OS2. The van der Waals surface area contributed by atoms with Crippen molar-refractivity contribution in [1.82, 2.24) is 9.97 Å². The number of thioether (sulfide) groups is 1. The van der Waals surface area contributed by atoms with Crippen LogP contribution in [0.5, 0.6) is 0 Å². The number of aromatic nitrogens is 2. The Kier molecular flexibility index (Phi) is 4.55. The zero-order valence-electron chi connectivity index (χ0n) is 11.0. The first-order valence-corrected chi connectivity index (χ1v) is 7.57. The largest absolute Gasteiger partial charge is 0.301 e. The molecule has 100 valence electrons. The molecular weight excluding hydrogens is 278 g/mol. The third kappa shape index (κ3) is 3.78. The molecule has 0 saturated carbocycles. The first-order valence-electron chi connectivity index (χ1n) is 5.88. The first kappa shape index (κ1) is 14.0. The van der Waals surface area contributed by atoms with Crippen molar-refractivity contribution in [3.05, 3.63) is 35.1 Å². The molecule has 0 radical (unpaired) electrons. The third-order valence-corrected chi connectivity index (χ3v) is 4.69. The number of rotatable bonds is 4. The molecule has 0 aliphatic carbocycles. The number of thiazole rings is 1. The monoisotopic (exact) mass is 293 g/mol. The van der Waals surface area contributed by atoms with Crippen molar-refractivity contribution in [1.29, 1.82) is 0 Å². The second-order valence-electron chi connectivity index (χ2n) is 4.09. The molecule has 0 aliphatic rings. The van der Waals surface area contributed by atoms with E-state index in [0.717, 1.165) is 15.5 Å². The number of nitrogens with one attached hydrogen (secondary N) is 1. The molecule has 0 aliphatic heterocycles. The van der Waals surface area contributed by atoms with E-state index in [0.29, 0.717) is 5.13 Å². The van der Waals surface area contributed by atoms with Gasteiger partial charge in [0.15, 0.2) is 5.13 Å². The van der Waals surface area contributed by atoms with Crippen LogP contribution in [0.15, 0.2) is 29.4 Å². The van der Waals surface area contributed by atoms with Crippen molar-refractivity contribution in [3.8, 4) is 0 Å². The highest BCUT2D eigenvalue weighted by molar-refractivity contribution is 8.00. The normalized spacial score (nSPS) is 12.2. The van der Waals surface area contributed by atoms with E-state index in [4.69, 9.17) is 0 Å². The van der Waals surface area contributed by atoms with Crippen LogP contribution in [0.25, 0.3) is 0 Å². The van der Waals surface area contributed by atoms with E-state index in [1.54, 1.807) is 12.4 Å². The van der Waals surface area contributed by atoms with Crippen LogP contribution in [-0.2, 0) is 4.79 Å². The Morgan fingerprint density at radius 3 is 2.63 bits per heavy atom. The summed E-state index contributed by atoms with van der Waals surface area (Å²) in [6.07, 6.45) is 3.45. The number of anilines is 1. The topological polar surface area (TPSA) is 54.9 Å². The van der Waals surface area contributed by atoms with Gasteiger partial charge in [0.1, 0.15) is 0 Å². The molecule has 2 aromatic heterocycles. The number of hydrogen-bond acceptors (Lipinski definition) is 5. The Bertz CT molecular complexity index is 549. The molecule has 0 spiro atoms. The van der Waals surface area contributed by atoms with Crippen LogP contribution in [0.1, 0.15) is 17.5 Å². The van der Waals surface area contributed by atoms with E-state index in [2.05, 4.69) is 15.3 Å². The standard InChI is InChI=1S/C13H15N3OS2/c1-8-9(2)19-13(15-8)16-12(17)10(3)18-11-4-6-14-7-5-11/h4-7,10H,1-3H3,(H,15,16,17)/t10-/m1/s1. The fourth-order valence-corrected chi connectivity index (χ4v) is 3.08. The van der Waals surface area contributed by atoms with E-state index in [1.165, 1.54) is 23.1 Å². The first-order chi connectivity index (χ1) is 9.06. The maximum Gasteiger partial charge on any atom is 0.239 e. The molecule has 0 unspecified atom stereocenters. The van der Waals surface area contributed by atoms with Crippen LogP contribution in [0.4, 0.5) is 5.13 Å². The van der Waals surface area contributed by atoms with Gasteiger partial charge in [-0.2, -0.15) is 0 Å². The van der Waals surface area contributed by atoms with Crippen LogP contribution in [-0.4, -0.2) is 21.1 Å². The molecule has 0 bridgehead atoms. The minimum absolute atomic E-state index is 0.0319. The predicted molar refractivity (Wildman–Crippen MR) is 79.8 cm³/mol. The average Bonchev–Trinajstić information content (AvgIpc) is 2.69. The van der Waals surface area contributed by atoms with E-state index in [-0.39, 0.29) is 11.2 Å². The summed E-state index contributed by atoms with van der Waals surface area (Å²) in [6, 6.07) is 3.79. The summed E-state index contributed by atoms with van der Waals surface area (Å²) in [5.74, 6) is -0.0319. The molecule has 2 heterocycles. The lowest BCUT2D eigenvalue weighted by Gasteiger charge is -2.09. The molecule has 19 heavy (non-hydrogen) atoms. The molecule has 0 saturated heterocycles. The van der Waals surface area contributed by atoms with Gasteiger partial charge in [-0.25, -0.2) is 4.98 Å². The van der Waals surface area contributed by atoms with Crippen LogP contribution in [0.3, 0.4) is 0 Å². The lowest BCUT2D eigenvalue weighted by Crippen LogP contribution is -2.22. The lowest BCUT2D eigenvalue weighted by molar-refractivity contribution is -0.115. The summed E-state index contributed by atoms with van der Waals surface area (Å²) < 4.78 is 0. The smallest absolute Gasteiger partial charge is 0.239 e. The Labute approximate surface area is 120 Å². The van der Waals surface area contributed by atoms with E-state index in [1.807, 2.05) is 32.9 Å². The van der Waals surface area contributed by atoms with Crippen molar-refractivity contribution in [3.63, 3.8) is 0 Å². The summed E-state index contributed by atoms with van der Waals surface area (Å²) in [5, 5.41) is 3.35. The van der Waals surface area contributed by atoms with E-state index >= 15 is 0 Å². The molecule has 6 heteroatoms. The highest BCUT2D eigenvalue weighted by Crippen LogP contribution is 2.25. The number of hydrogen-bond donors (Lipinski definition) is 1. The minimum Gasteiger partial charge on any atom is -0.301 e. The van der Waals surface area contributed by atoms with Gasteiger partial charge in [-0.1, -0.05) is 0 Å². The number of amides is 1. The second-order valence-corrected chi connectivity index (χ2v) is 6.71. The zero-order chi connectivity index (χ0) is 13.8. The summed E-state index contributed by atoms with van der Waals surface area (Å²) in [6.45, 7) is 5.82. The van der Waals surface area contributed by atoms with Gasteiger partial charge in [-0.3, -0.25) is 9.78 Å². The van der Waals surface area contributed by atoms with Crippen LogP contribution in [0, 0.1) is 13.8 Å². The third-order valence-electron chi connectivity index (χ3n) is 2.59. The number of carbonyl (C=O) groups excluding carboxylic acids is 1. The van der Waals surface area contributed by atoms with E-state index in [9.17, 15) is 4.79 Å². The number of carbonyl (C=O) groups is 1. The highest BCUT2D eigenvalue weighted by Gasteiger charge is 2.16. The molecule has 0 fully saturated rings. The molecule has 1 amide bonds. The summed E-state index contributed by atoms with van der Waals surface area (Å²) in [7, 11) is 0. The molecule has 2 rings (SSSR count). The fraction of sp³-hybridized carbons (Fsp3) is 0.308. The molecule has 0 aromatic carbocycles. The SMILES string of the molecule is Cc1nc(NC(=O)[C@@H](C)Sc2ccncc2)sc1C. The van der Waals surface area contributed by atoms with Crippen molar-refractivity contribution < 1.29 is 4.79 Å². The zero-order valence-corrected chi connectivity index (χ0v) is 12.6. The predicted octanol–water partition coefficient (Wildman–Crippen LogP) is 3.27. The maximum atomic E-state index is 12.1. The van der Waals surface area contributed by atoms with Gasteiger partial charge in [0.05, 0.1) is 10.9 Å². The van der Waals surface area contributed by atoms with Gasteiger partial charge in [0, 0.05) is 22.2 Å².